The van der Waals surface area contributed by atoms with Gasteiger partial charge in [0.15, 0.2) is 5.69 Å². The predicted molar refractivity (Wildman–Crippen MR) is 113 cm³/mol. The molecule has 2 aromatic carbocycles. The molecule has 0 atom stereocenters. The van der Waals surface area contributed by atoms with E-state index in [9.17, 15) is 4.79 Å². The minimum absolute atomic E-state index is 0.236. The fourth-order valence-corrected chi connectivity index (χ4v) is 3.59. The summed E-state index contributed by atoms with van der Waals surface area (Å²) in [5.41, 5.74) is 6.19. The van der Waals surface area contributed by atoms with E-state index in [-0.39, 0.29) is 5.91 Å². The molecule has 0 aliphatic carbocycles. The highest BCUT2D eigenvalue weighted by atomic mass is 32.1. The number of nitrogens with one attached hydrogen (secondary N) is 2. The number of carbonyl (C=O) groups is 1. The van der Waals surface area contributed by atoms with Gasteiger partial charge in [-0.05, 0) is 19.1 Å². The van der Waals surface area contributed by atoms with Gasteiger partial charge in [-0.1, -0.05) is 48.0 Å². The van der Waals surface area contributed by atoms with E-state index in [1.165, 1.54) is 16.9 Å². The predicted octanol–water partition coefficient (Wildman–Crippen LogP) is 4.41. The van der Waals surface area contributed by atoms with E-state index < -0.39 is 0 Å². The first-order valence-corrected chi connectivity index (χ1v) is 9.68. The summed E-state index contributed by atoms with van der Waals surface area (Å²) in [6, 6.07) is 18.3. The molecule has 0 saturated heterocycles. The van der Waals surface area contributed by atoms with Crippen LogP contribution in [0.1, 0.15) is 16.1 Å². The van der Waals surface area contributed by atoms with Crippen molar-refractivity contribution < 1.29 is 4.79 Å². The number of aryl methyl sites for hydroxylation is 1. The molecule has 2 N–H and O–H groups in total. The van der Waals surface area contributed by atoms with Crippen molar-refractivity contribution in [2.45, 2.75) is 6.92 Å². The third-order valence-corrected chi connectivity index (χ3v) is 5.10. The van der Waals surface area contributed by atoms with Crippen LogP contribution in [0.5, 0.6) is 0 Å². The average Bonchev–Trinajstić information content (AvgIpc) is 3.36. The van der Waals surface area contributed by atoms with Gasteiger partial charge in [-0.2, -0.15) is 0 Å². The summed E-state index contributed by atoms with van der Waals surface area (Å²) in [6.07, 6.45) is 1.83. The molecule has 0 unspecified atom stereocenters. The maximum absolute atomic E-state index is 12.1. The Labute approximate surface area is 166 Å². The summed E-state index contributed by atoms with van der Waals surface area (Å²) in [6.45, 7) is 2.06. The summed E-state index contributed by atoms with van der Waals surface area (Å²) < 4.78 is 2.04. The summed E-state index contributed by atoms with van der Waals surface area (Å²) in [5, 5.41) is 6.55. The van der Waals surface area contributed by atoms with Crippen LogP contribution < -0.4 is 10.6 Å². The van der Waals surface area contributed by atoms with E-state index in [0.29, 0.717) is 16.6 Å². The van der Waals surface area contributed by atoms with Crippen LogP contribution in [0, 0.1) is 6.92 Å². The topological polar surface area (TPSA) is 71.8 Å². The zero-order valence-electron chi connectivity index (χ0n) is 15.5. The fourth-order valence-electron chi connectivity index (χ4n) is 2.92. The minimum Gasteiger partial charge on any atom is -0.354 e. The van der Waals surface area contributed by atoms with Crippen LogP contribution in [-0.4, -0.2) is 27.5 Å². The number of rotatable bonds is 5. The van der Waals surface area contributed by atoms with Gasteiger partial charge < -0.3 is 10.6 Å². The zero-order chi connectivity index (χ0) is 19.5. The number of carbonyl (C=O) groups excluding carboxylic acids is 1. The maximum Gasteiger partial charge on any atom is 0.272 e. The molecule has 2 aromatic heterocycles. The van der Waals surface area contributed by atoms with Crippen molar-refractivity contribution in [1.82, 2.24) is 19.9 Å². The van der Waals surface area contributed by atoms with Crippen molar-refractivity contribution in [1.29, 1.82) is 0 Å². The molecule has 4 rings (SSSR count). The molecule has 0 aliphatic heterocycles. The molecular weight excluding hydrogens is 370 g/mol. The van der Waals surface area contributed by atoms with Gasteiger partial charge in [-0.25, -0.2) is 9.97 Å². The second kappa shape index (κ2) is 7.66. The quantitative estimate of drug-likeness (QED) is 0.530. The standard InChI is InChI=1S/C21H19N5OS/c1-14-8-10-15(11-9-14)17-12-23-21(26(17)16-6-4-3-5-7-16)25-20-18(19(27)22-2)24-13-28-20/h3-13H,1-2H3,(H,22,27)(H,23,25). The first-order valence-electron chi connectivity index (χ1n) is 8.80. The van der Waals surface area contributed by atoms with Gasteiger partial charge in [0.25, 0.3) is 5.91 Å². The summed E-state index contributed by atoms with van der Waals surface area (Å²) in [4.78, 5) is 20.8. The van der Waals surface area contributed by atoms with Crippen LogP contribution in [0.2, 0.25) is 0 Å². The fraction of sp³-hybridized carbons (Fsp3) is 0.0952. The third-order valence-electron chi connectivity index (χ3n) is 4.36. The number of hydrogen-bond donors (Lipinski definition) is 2. The Hall–Kier alpha value is -3.45. The molecule has 1 amide bonds. The molecule has 0 aliphatic rings. The van der Waals surface area contributed by atoms with Gasteiger partial charge in [-0.3, -0.25) is 9.36 Å². The van der Waals surface area contributed by atoms with Crippen LogP contribution in [0.25, 0.3) is 16.9 Å². The Bertz CT molecular complexity index is 1100. The molecule has 7 heteroatoms. The lowest BCUT2D eigenvalue weighted by Crippen LogP contribution is -2.19. The number of hydrogen-bond acceptors (Lipinski definition) is 5. The smallest absolute Gasteiger partial charge is 0.272 e. The monoisotopic (exact) mass is 389 g/mol. The Balaban J connectivity index is 1.81. The average molecular weight is 389 g/mol. The number of aromatic nitrogens is 3. The van der Waals surface area contributed by atoms with E-state index in [4.69, 9.17) is 0 Å². The highest BCUT2D eigenvalue weighted by Gasteiger charge is 2.18. The molecular formula is C21H19N5OS. The van der Waals surface area contributed by atoms with Gasteiger partial charge in [0.05, 0.1) is 17.4 Å². The number of anilines is 2. The number of thiazole rings is 1. The second-order valence-electron chi connectivity index (χ2n) is 6.24. The molecule has 2 heterocycles. The van der Waals surface area contributed by atoms with Crippen molar-refractivity contribution in [3.05, 3.63) is 77.6 Å². The van der Waals surface area contributed by atoms with Crippen molar-refractivity contribution in [2.75, 3.05) is 12.4 Å². The van der Waals surface area contributed by atoms with E-state index >= 15 is 0 Å². The molecule has 0 spiro atoms. The minimum atomic E-state index is -0.236. The zero-order valence-corrected chi connectivity index (χ0v) is 16.3. The molecule has 28 heavy (non-hydrogen) atoms. The van der Waals surface area contributed by atoms with Gasteiger partial charge >= 0.3 is 0 Å². The SMILES string of the molecule is CNC(=O)c1ncsc1Nc1ncc(-c2ccc(C)cc2)n1-c1ccccc1. The largest absolute Gasteiger partial charge is 0.354 e. The molecule has 0 fully saturated rings. The lowest BCUT2D eigenvalue weighted by Gasteiger charge is -2.13. The number of amides is 1. The maximum atomic E-state index is 12.1. The van der Waals surface area contributed by atoms with E-state index in [1.54, 1.807) is 12.6 Å². The molecule has 0 saturated carbocycles. The first-order chi connectivity index (χ1) is 13.7. The Kier molecular flexibility index (Phi) is 4.90. The normalized spacial score (nSPS) is 10.6. The Morgan fingerprint density at radius 3 is 2.50 bits per heavy atom. The van der Waals surface area contributed by atoms with Gasteiger partial charge in [0.2, 0.25) is 5.95 Å². The van der Waals surface area contributed by atoms with Crippen molar-refractivity contribution >= 4 is 28.2 Å². The number of benzene rings is 2. The first kappa shape index (κ1) is 17.9. The van der Waals surface area contributed by atoms with E-state index in [0.717, 1.165) is 16.9 Å². The Morgan fingerprint density at radius 2 is 1.79 bits per heavy atom. The van der Waals surface area contributed by atoms with Gasteiger partial charge in [0.1, 0.15) is 5.00 Å². The molecule has 0 bridgehead atoms. The molecule has 0 radical (unpaired) electrons. The second-order valence-corrected chi connectivity index (χ2v) is 7.09. The van der Waals surface area contributed by atoms with Gasteiger partial charge in [0, 0.05) is 18.3 Å². The third kappa shape index (κ3) is 3.39. The van der Waals surface area contributed by atoms with Crippen molar-refractivity contribution in [2.24, 2.45) is 0 Å². The summed E-state index contributed by atoms with van der Waals surface area (Å²) >= 11 is 1.36. The lowest BCUT2D eigenvalue weighted by molar-refractivity contribution is 0.0959. The molecule has 6 nitrogen and oxygen atoms in total. The van der Waals surface area contributed by atoms with Crippen molar-refractivity contribution in [3.63, 3.8) is 0 Å². The molecule has 140 valence electrons. The van der Waals surface area contributed by atoms with Crippen LogP contribution in [0.3, 0.4) is 0 Å². The molecule has 4 aromatic rings. The lowest BCUT2D eigenvalue weighted by atomic mass is 10.1. The van der Waals surface area contributed by atoms with Gasteiger partial charge in [-0.15, -0.1) is 11.3 Å². The summed E-state index contributed by atoms with van der Waals surface area (Å²) in [5.74, 6) is 0.386. The van der Waals surface area contributed by atoms with Crippen LogP contribution in [-0.2, 0) is 0 Å². The van der Waals surface area contributed by atoms with Crippen LogP contribution in [0.4, 0.5) is 10.9 Å². The number of nitrogens with zero attached hydrogens (tertiary/aromatic N) is 3. The summed E-state index contributed by atoms with van der Waals surface area (Å²) in [7, 11) is 1.59. The van der Waals surface area contributed by atoms with E-state index in [1.807, 2.05) is 41.1 Å². The number of para-hydroxylation sites is 1. The van der Waals surface area contributed by atoms with E-state index in [2.05, 4.69) is 51.8 Å². The number of imidazole rings is 1. The van der Waals surface area contributed by atoms with Crippen LogP contribution in [0.15, 0.2) is 66.3 Å². The van der Waals surface area contributed by atoms with Crippen molar-refractivity contribution in [3.8, 4) is 16.9 Å². The highest BCUT2D eigenvalue weighted by molar-refractivity contribution is 7.14. The Morgan fingerprint density at radius 1 is 1.04 bits per heavy atom. The van der Waals surface area contributed by atoms with Crippen LogP contribution >= 0.6 is 11.3 Å². The highest BCUT2D eigenvalue weighted by Crippen LogP contribution is 2.31.